The summed E-state index contributed by atoms with van der Waals surface area (Å²) >= 11 is 0. The number of hydrogen-bond donors (Lipinski definition) is 4. The number of H-pyrrole nitrogens is 1. The Hall–Kier alpha value is -2.01. The van der Waals surface area contributed by atoms with E-state index in [0.29, 0.717) is 19.5 Å². The number of aliphatic hydroxyl groups is 1. The van der Waals surface area contributed by atoms with E-state index in [9.17, 15) is 4.79 Å². The standard InChI is InChI=1S/C18H27N3O2/c1-13-4-5-15-14(11-20-16(15)10-13)6-8-19-17(23)21-12-18(2,3)7-9-22/h4-5,10-11,20,22H,6-9,12H2,1-3H3,(H2,19,21,23). The number of aromatic amines is 1. The first kappa shape index (κ1) is 17.3. The van der Waals surface area contributed by atoms with Crippen LogP contribution in [0, 0.1) is 12.3 Å². The Morgan fingerprint density at radius 3 is 2.83 bits per heavy atom. The number of fused-ring (bicyclic) bond motifs is 1. The second-order valence-corrected chi connectivity index (χ2v) is 6.86. The second-order valence-electron chi connectivity index (χ2n) is 6.86. The predicted molar refractivity (Wildman–Crippen MR) is 93.6 cm³/mol. The van der Waals surface area contributed by atoms with Crippen LogP contribution >= 0.6 is 0 Å². The molecule has 2 amide bonds. The van der Waals surface area contributed by atoms with Crippen molar-refractivity contribution in [1.29, 1.82) is 0 Å². The van der Waals surface area contributed by atoms with E-state index in [2.05, 4.69) is 40.7 Å². The smallest absolute Gasteiger partial charge is 0.314 e. The summed E-state index contributed by atoms with van der Waals surface area (Å²) in [6.07, 6.45) is 3.46. The summed E-state index contributed by atoms with van der Waals surface area (Å²) in [5.41, 5.74) is 3.48. The maximum atomic E-state index is 11.8. The predicted octanol–water partition coefficient (Wildman–Crippen LogP) is 2.73. The van der Waals surface area contributed by atoms with E-state index >= 15 is 0 Å². The van der Waals surface area contributed by atoms with Crippen LogP contribution in [0.2, 0.25) is 0 Å². The lowest BCUT2D eigenvalue weighted by Gasteiger charge is -2.23. The number of urea groups is 1. The van der Waals surface area contributed by atoms with Gasteiger partial charge in [0.2, 0.25) is 0 Å². The molecule has 2 rings (SSSR count). The molecule has 0 radical (unpaired) electrons. The lowest BCUT2D eigenvalue weighted by Crippen LogP contribution is -2.41. The largest absolute Gasteiger partial charge is 0.396 e. The van der Waals surface area contributed by atoms with E-state index in [1.807, 2.05) is 20.0 Å². The Morgan fingerprint density at radius 2 is 2.09 bits per heavy atom. The van der Waals surface area contributed by atoms with Crippen LogP contribution < -0.4 is 10.6 Å². The normalized spacial score (nSPS) is 11.7. The van der Waals surface area contributed by atoms with Gasteiger partial charge in [-0.05, 0) is 42.4 Å². The molecule has 0 saturated heterocycles. The van der Waals surface area contributed by atoms with Crippen LogP contribution in [0.5, 0.6) is 0 Å². The average Bonchev–Trinajstić information content (AvgIpc) is 2.87. The number of aromatic nitrogens is 1. The Balaban J connectivity index is 1.79. The van der Waals surface area contributed by atoms with E-state index in [-0.39, 0.29) is 18.1 Å². The molecule has 0 aliphatic carbocycles. The molecule has 1 heterocycles. The first-order valence-electron chi connectivity index (χ1n) is 8.10. The SMILES string of the molecule is Cc1ccc2c(CCNC(=O)NCC(C)(C)CCO)c[nH]c2c1. The fraction of sp³-hybridized carbons (Fsp3) is 0.500. The van der Waals surface area contributed by atoms with Crippen molar-refractivity contribution >= 4 is 16.9 Å². The highest BCUT2D eigenvalue weighted by Crippen LogP contribution is 2.20. The molecule has 0 unspecified atom stereocenters. The molecular formula is C18H27N3O2. The summed E-state index contributed by atoms with van der Waals surface area (Å²) in [5.74, 6) is 0. The van der Waals surface area contributed by atoms with Gasteiger partial charge in [-0.2, -0.15) is 0 Å². The van der Waals surface area contributed by atoms with E-state index in [1.165, 1.54) is 16.5 Å². The third kappa shape index (κ3) is 4.99. The Bertz CT molecular complexity index is 661. The van der Waals surface area contributed by atoms with Crippen LogP contribution in [0.15, 0.2) is 24.4 Å². The Kier molecular flexibility index (Phi) is 5.66. The highest BCUT2D eigenvalue weighted by Gasteiger charge is 2.17. The number of nitrogens with one attached hydrogen (secondary N) is 3. The Morgan fingerprint density at radius 1 is 1.30 bits per heavy atom. The number of aryl methyl sites for hydroxylation is 1. The fourth-order valence-electron chi connectivity index (χ4n) is 2.59. The number of carbonyl (C=O) groups is 1. The molecule has 0 bridgehead atoms. The molecule has 1 aromatic carbocycles. The van der Waals surface area contributed by atoms with Crippen molar-refractivity contribution in [2.75, 3.05) is 19.7 Å². The van der Waals surface area contributed by atoms with Crippen molar-refractivity contribution in [3.05, 3.63) is 35.5 Å². The number of hydrogen-bond acceptors (Lipinski definition) is 2. The van der Waals surface area contributed by atoms with Gasteiger partial charge in [0.25, 0.3) is 0 Å². The molecule has 0 fully saturated rings. The van der Waals surface area contributed by atoms with E-state index in [4.69, 9.17) is 5.11 Å². The van der Waals surface area contributed by atoms with Gasteiger partial charge in [-0.1, -0.05) is 26.0 Å². The van der Waals surface area contributed by atoms with Crippen molar-refractivity contribution < 1.29 is 9.90 Å². The van der Waals surface area contributed by atoms with Crippen LogP contribution in [-0.4, -0.2) is 35.8 Å². The van der Waals surface area contributed by atoms with Gasteiger partial charge in [0.1, 0.15) is 0 Å². The van der Waals surface area contributed by atoms with E-state index < -0.39 is 0 Å². The number of rotatable bonds is 7. The number of carbonyl (C=O) groups excluding carboxylic acids is 1. The third-order valence-corrected chi connectivity index (χ3v) is 4.12. The number of aliphatic hydroxyl groups excluding tert-OH is 1. The van der Waals surface area contributed by atoms with Gasteiger partial charge in [0, 0.05) is 36.8 Å². The van der Waals surface area contributed by atoms with Crippen molar-refractivity contribution in [2.45, 2.75) is 33.6 Å². The minimum absolute atomic E-state index is 0.0964. The second kappa shape index (κ2) is 7.51. The third-order valence-electron chi connectivity index (χ3n) is 4.12. The van der Waals surface area contributed by atoms with Crippen LogP contribution in [0.4, 0.5) is 4.79 Å². The lowest BCUT2D eigenvalue weighted by atomic mass is 9.90. The Labute approximate surface area is 137 Å². The van der Waals surface area contributed by atoms with Crippen molar-refractivity contribution in [2.24, 2.45) is 5.41 Å². The highest BCUT2D eigenvalue weighted by molar-refractivity contribution is 5.83. The highest BCUT2D eigenvalue weighted by atomic mass is 16.3. The average molecular weight is 317 g/mol. The molecule has 0 saturated carbocycles. The van der Waals surface area contributed by atoms with Crippen LogP contribution in [0.3, 0.4) is 0 Å². The molecule has 2 aromatic rings. The molecular weight excluding hydrogens is 290 g/mol. The summed E-state index contributed by atoms with van der Waals surface area (Å²) in [5, 5.41) is 15.9. The molecule has 23 heavy (non-hydrogen) atoms. The van der Waals surface area contributed by atoms with Gasteiger partial charge < -0.3 is 20.7 Å². The molecule has 5 nitrogen and oxygen atoms in total. The van der Waals surface area contributed by atoms with Crippen LogP contribution in [0.25, 0.3) is 10.9 Å². The molecule has 4 N–H and O–H groups in total. The number of benzene rings is 1. The molecule has 126 valence electrons. The molecule has 0 atom stereocenters. The molecule has 0 spiro atoms. The minimum atomic E-state index is -0.160. The maximum absolute atomic E-state index is 11.8. The lowest BCUT2D eigenvalue weighted by molar-refractivity contribution is 0.201. The fourth-order valence-corrected chi connectivity index (χ4v) is 2.59. The van der Waals surface area contributed by atoms with E-state index in [1.54, 1.807) is 0 Å². The van der Waals surface area contributed by atoms with Crippen molar-refractivity contribution in [3.63, 3.8) is 0 Å². The van der Waals surface area contributed by atoms with Gasteiger partial charge in [0.15, 0.2) is 0 Å². The summed E-state index contributed by atoms with van der Waals surface area (Å²) in [7, 11) is 0. The summed E-state index contributed by atoms with van der Waals surface area (Å²) in [4.78, 5) is 15.1. The van der Waals surface area contributed by atoms with Crippen molar-refractivity contribution in [1.82, 2.24) is 15.6 Å². The van der Waals surface area contributed by atoms with Crippen LogP contribution in [0.1, 0.15) is 31.4 Å². The van der Waals surface area contributed by atoms with Gasteiger partial charge in [0.05, 0.1) is 0 Å². The summed E-state index contributed by atoms with van der Waals surface area (Å²) in [6, 6.07) is 6.19. The monoisotopic (exact) mass is 317 g/mol. The number of amides is 2. The summed E-state index contributed by atoms with van der Waals surface area (Å²) in [6.45, 7) is 7.40. The minimum Gasteiger partial charge on any atom is -0.396 e. The van der Waals surface area contributed by atoms with E-state index in [0.717, 1.165) is 11.9 Å². The molecule has 0 aliphatic rings. The molecule has 0 aliphatic heterocycles. The first-order chi connectivity index (χ1) is 10.9. The zero-order chi connectivity index (χ0) is 16.9. The van der Waals surface area contributed by atoms with Gasteiger partial charge in [-0.3, -0.25) is 0 Å². The quantitative estimate of drug-likeness (QED) is 0.634. The van der Waals surface area contributed by atoms with Gasteiger partial charge >= 0.3 is 6.03 Å². The first-order valence-corrected chi connectivity index (χ1v) is 8.10. The zero-order valence-electron chi connectivity index (χ0n) is 14.2. The van der Waals surface area contributed by atoms with Gasteiger partial charge in [-0.15, -0.1) is 0 Å². The molecule has 5 heteroatoms. The summed E-state index contributed by atoms with van der Waals surface area (Å²) < 4.78 is 0. The zero-order valence-corrected chi connectivity index (χ0v) is 14.2. The topological polar surface area (TPSA) is 77.2 Å². The maximum Gasteiger partial charge on any atom is 0.314 e. The van der Waals surface area contributed by atoms with Gasteiger partial charge in [-0.25, -0.2) is 4.79 Å². The molecule has 1 aromatic heterocycles. The van der Waals surface area contributed by atoms with Crippen molar-refractivity contribution in [3.8, 4) is 0 Å². The van der Waals surface area contributed by atoms with Crippen LogP contribution in [-0.2, 0) is 6.42 Å².